The summed E-state index contributed by atoms with van der Waals surface area (Å²) in [6.07, 6.45) is 0. The quantitative estimate of drug-likeness (QED) is 0.764. The Balaban J connectivity index is 3.34. The minimum atomic E-state index is -1.54. The van der Waals surface area contributed by atoms with E-state index in [0.717, 1.165) is 16.7 Å². The Bertz CT molecular complexity index is 464. The van der Waals surface area contributed by atoms with Crippen LogP contribution in [0.4, 0.5) is 0 Å². The van der Waals surface area contributed by atoms with Crippen LogP contribution in [0, 0.1) is 0 Å². The van der Waals surface area contributed by atoms with Crippen molar-refractivity contribution in [2.24, 2.45) is 0 Å². The first-order valence-corrected chi connectivity index (χ1v) is 11.1. The topological polar surface area (TPSA) is 29.5 Å². The largest absolute Gasteiger partial charge is 0.507 e. The lowest BCUT2D eigenvalue weighted by atomic mass is 9.78. The highest BCUT2D eigenvalue weighted by atomic mass is 28.4. The van der Waals surface area contributed by atoms with E-state index in [2.05, 4.69) is 73.3 Å². The predicted molar refractivity (Wildman–Crippen MR) is 93.6 cm³/mol. The molecule has 0 atom stereocenters. The first kappa shape index (κ1) is 18.2. The van der Waals surface area contributed by atoms with Gasteiger partial charge in [-0.1, -0.05) is 41.5 Å². The van der Waals surface area contributed by atoms with Gasteiger partial charge in [0.15, 0.2) is 8.32 Å². The highest BCUT2D eigenvalue weighted by molar-refractivity contribution is 6.69. The lowest BCUT2D eigenvalue weighted by Crippen LogP contribution is -2.25. The van der Waals surface area contributed by atoms with Crippen molar-refractivity contribution in [2.75, 3.05) is 0 Å². The molecule has 0 saturated carbocycles. The van der Waals surface area contributed by atoms with E-state index in [0.29, 0.717) is 12.4 Å². The molecule has 0 heterocycles. The van der Waals surface area contributed by atoms with Crippen molar-refractivity contribution in [1.82, 2.24) is 0 Å². The fraction of sp³-hybridized carbons (Fsp3) is 0.667. The van der Waals surface area contributed by atoms with Crippen molar-refractivity contribution < 1.29 is 9.53 Å². The van der Waals surface area contributed by atoms with E-state index in [1.165, 1.54) is 0 Å². The van der Waals surface area contributed by atoms with Crippen molar-refractivity contribution >= 4 is 8.32 Å². The van der Waals surface area contributed by atoms with E-state index < -0.39 is 8.32 Å². The van der Waals surface area contributed by atoms with Crippen LogP contribution in [-0.2, 0) is 21.9 Å². The number of phenols is 1. The van der Waals surface area contributed by atoms with Crippen LogP contribution in [0.15, 0.2) is 12.1 Å². The molecule has 1 aromatic rings. The second-order valence-electron chi connectivity index (χ2n) is 8.94. The Hall–Kier alpha value is -0.803. The van der Waals surface area contributed by atoms with E-state index in [-0.39, 0.29) is 10.8 Å². The highest BCUT2D eigenvalue weighted by Gasteiger charge is 2.26. The molecule has 1 rings (SSSR count). The van der Waals surface area contributed by atoms with Gasteiger partial charge in [-0.3, -0.25) is 0 Å². The van der Waals surface area contributed by atoms with E-state index >= 15 is 0 Å². The van der Waals surface area contributed by atoms with Crippen molar-refractivity contribution in [3.8, 4) is 5.75 Å². The molecule has 0 aliphatic carbocycles. The first-order chi connectivity index (χ1) is 9.22. The van der Waals surface area contributed by atoms with Gasteiger partial charge in [0.1, 0.15) is 5.75 Å². The third kappa shape index (κ3) is 5.15. The smallest absolute Gasteiger partial charge is 0.184 e. The Morgan fingerprint density at radius 1 is 0.905 bits per heavy atom. The Labute approximate surface area is 131 Å². The summed E-state index contributed by atoms with van der Waals surface area (Å²) in [7, 11) is -1.54. The minimum absolute atomic E-state index is 0.0841. The summed E-state index contributed by atoms with van der Waals surface area (Å²) in [5.74, 6) is 0.437. The average molecular weight is 309 g/mol. The molecule has 1 aromatic carbocycles. The zero-order chi connectivity index (χ0) is 16.6. The summed E-state index contributed by atoms with van der Waals surface area (Å²) in [5.41, 5.74) is 3.00. The Morgan fingerprint density at radius 3 is 1.57 bits per heavy atom. The van der Waals surface area contributed by atoms with Gasteiger partial charge in [0.25, 0.3) is 0 Å². The van der Waals surface area contributed by atoms with Gasteiger partial charge in [-0.2, -0.15) is 0 Å². The van der Waals surface area contributed by atoms with Crippen LogP contribution >= 0.6 is 0 Å². The number of aromatic hydroxyl groups is 1. The molecule has 0 aliphatic heterocycles. The molecule has 0 bridgehead atoms. The summed E-state index contributed by atoms with van der Waals surface area (Å²) in [5, 5.41) is 10.7. The van der Waals surface area contributed by atoms with Crippen molar-refractivity contribution in [3.63, 3.8) is 0 Å². The third-order valence-corrected chi connectivity index (χ3v) is 4.47. The second kappa shape index (κ2) is 5.77. The molecule has 0 aliphatic rings. The van der Waals surface area contributed by atoms with Gasteiger partial charge in [0, 0.05) is 0 Å². The zero-order valence-corrected chi connectivity index (χ0v) is 16.2. The normalized spacial score (nSPS) is 13.6. The van der Waals surface area contributed by atoms with Crippen molar-refractivity contribution in [2.45, 2.75) is 78.6 Å². The summed E-state index contributed by atoms with van der Waals surface area (Å²) in [6, 6.07) is 4.20. The van der Waals surface area contributed by atoms with E-state index in [1.807, 2.05) is 0 Å². The lowest BCUT2D eigenvalue weighted by molar-refractivity contribution is 0.298. The van der Waals surface area contributed by atoms with Crippen LogP contribution in [0.25, 0.3) is 0 Å². The number of benzene rings is 1. The molecule has 0 amide bonds. The monoisotopic (exact) mass is 308 g/mol. The summed E-state index contributed by atoms with van der Waals surface area (Å²) in [4.78, 5) is 0. The molecule has 0 unspecified atom stereocenters. The summed E-state index contributed by atoms with van der Waals surface area (Å²) < 4.78 is 6.05. The fourth-order valence-electron chi connectivity index (χ4n) is 2.22. The molecule has 0 saturated heterocycles. The van der Waals surface area contributed by atoms with Gasteiger partial charge in [-0.25, -0.2) is 0 Å². The molecule has 21 heavy (non-hydrogen) atoms. The van der Waals surface area contributed by atoms with Crippen LogP contribution in [0.2, 0.25) is 19.6 Å². The average Bonchev–Trinajstić information content (AvgIpc) is 2.23. The number of hydrogen-bond donors (Lipinski definition) is 1. The predicted octanol–water partition coefficient (Wildman–Crippen LogP) is 5.34. The number of phenolic OH excluding ortho intramolecular Hbond substituents is 1. The maximum absolute atomic E-state index is 10.7. The molecule has 0 fully saturated rings. The van der Waals surface area contributed by atoms with Gasteiger partial charge in [0.2, 0.25) is 0 Å². The van der Waals surface area contributed by atoms with Crippen LogP contribution in [-0.4, -0.2) is 13.4 Å². The third-order valence-electron chi connectivity index (χ3n) is 3.46. The molecule has 120 valence electrons. The first-order valence-electron chi connectivity index (χ1n) is 7.72. The molecule has 3 heteroatoms. The highest BCUT2D eigenvalue weighted by Crippen LogP contribution is 2.39. The molecular formula is C18H32O2Si. The number of rotatable bonds is 3. The SMILES string of the molecule is CC(C)(C)c1cc(CO[Si](C)(C)C)cc(C(C)(C)C)c1O. The molecule has 1 N–H and O–H groups in total. The van der Waals surface area contributed by atoms with Crippen LogP contribution < -0.4 is 0 Å². The van der Waals surface area contributed by atoms with Gasteiger partial charge >= 0.3 is 0 Å². The molecule has 0 radical (unpaired) electrons. The van der Waals surface area contributed by atoms with Crippen molar-refractivity contribution in [3.05, 3.63) is 28.8 Å². The lowest BCUT2D eigenvalue weighted by Gasteiger charge is -2.28. The minimum Gasteiger partial charge on any atom is -0.507 e. The van der Waals surface area contributed by atoms with Gasteiger partial charge < -0.3 is 9.53 Å². The van der Waals surface area contributed by atoms with Crippen LogP contribution in [0.3, 0.4) is 0 Å². The Morgan fingerprint density at radius 2 is 1.29 bits per heavy atom. The Kier molecular flexibility index (Phi) is 5.01. The summed E-state index contributed by atoms with van der Waals surface area (Å²) in [6.45, 7) is 20.0. The maximum Gasteiger partial charge on any atom is 0.184 e. The summed E-state index contributed by atoms with van der Waals surface area (Å²) >= 11 is 0. The van der Waals surface area contributed by atoms with Gasteiger partial charge in [0.05, 0.1) is 6.61 Å². The molecular weight excluding hydrogens is 276 g/mol. The van der Waals surface area contributed by atoms with Crippen LogP contribution in [0.5, 0.6) is 5.75 Å². The maximum atomic E-state index is 10.7. The zero-order valence-electron chi connectivity index (χ0n) is 15.2. The van der Waals surface area contributed by atoms with Gasteiger partial charge in [-0.05, 0) is 59.3 Å². The molecule has 2 nitrogen and oxygen atoms in total. The fourth-order valence-corrected chi connectivity index (χ4v) is 2.82. The van der Waals surface area contributed by atoms with Crippen molar-refractivity contribution in [1.29, 1.82) is 0 Å². The van der Waals surface area contributed by atoms with Crippen LogP contribution in [0.1, 0.15) is 58.2 Å². The van der Waals surface area contributed by atoms with E-state index in [4.69, 9.17) is 4.43 Å². The second-order valence-corrected chi connectivity index (χ2v) is 13.5. The standard InChI is InChI=1S/C18H32O2Si/c1-17(2,3)14-10-13(12-20-21(7,8)9)11-15(16(14)19)18(4,5)6/h10-11,19H,12H2,1-9H3. The molecule has 0 aromatic heterocycles. The number of hydrogen-bond acceptors (Lipinski definition) is 2. The van der Waals surface area contributed by atoms with Gasteiger partial charge in [-0.15, -0.1) is 0 Å². The van der Waals surface area contributed by atoms with E-state index in [1.54, 1.807) is 0 Å². The van der Waals surface area contributed by atoms with E-state index in [9.17, 15) is 5.11 Å². The molecule has 0 spiro atoms.